The molecule has 0 fully saturated rings. The fourth-order valence-electron chi connectivity index (χ4n) is 3.73. The van der Waals surface area contributed by atoms with Crippen molar-refractivity contribution < 1.29 is 0 Å². The van der Waals surface area contributed by atoms with Crippen molar-refractivity contribution in [1.82, 2.24) is 0 Å². The minimum Gasteiger partial charge on any atom is -0.339 e. The summed E-state index contributed by atoms with van der Waals surface area (Å²) in [4.78, 5) is 5.07. The lowest BCUT2D eigenvalue weighted by molar-refractivity contribution is 0.609. The van der Waals surface area contributed by atoms with Gasteiger partial charge >= 0.3 is 0 Å². The molecule has 0 bridgehead atoms. The maximum absolute atomic E-state index is 2.55. The number of fused-ring (bicyclic) bond motifs is 3. The summed E-state index contributed by atoms with van der Waals surface area (Å²) in [7, 11) is 0. The van der Waals surface area contributed by atoms with E-state index in [-0.39, 0.29) is 0 Å². The minimum absolute atomic E-state index is 0.335. The molecule has 4 rings (SSSR count). The summed E-state index contributed by atoms with van der Waals surface area (Å²) in [5, 5.41) is 2.77. The molecule has 0 saturated heterocycles. The van der Waals surface area contributed by atoms with Gasteiger partial charge in [-0.05, 0) is 45.4 Å². The van der Waals surface area contributed by atoms with Crippen LogP contribution < -0.4 is 9.80 Å². The summed E-state index contributed by atoms with van der Waals surface area (Å²) < 4.78 is 1.37. The van der Waals surface area contributed by atoms with E-state index >= 15 is 0 Å². The van der Waals surface area contributed by atoms with Gasteiger partial charge in [0.1, 0.15) is 11.2 Å². The number of hydrogen-bond donors (Lipinski definition) is 0. The van der Waals surface area contributed by atoms with E-state index in [0.717, 1.165) is 0 Å². The molecule has 0 saturated carbocycles. The zero-order valence-electron chi connectivity index (χ0n) is 14.1. The first-order valence-corrected chi connectivity index (χ1v) is 9.06. The van der Waals surface area contributed by atoms with Crippen LogP contribution in [0.15, 0.2) is 48.5 Å². The van der Waals surface area contributed by atoms with Gasteiger partial charge in [-0.1, -0.05) is 36.4 Å². The Morgan fingerprint density at radius 3 is 2.43 bits per heavy atom. The van der Waals surface area contributed by atoms with Crippen molar-refractivity contribution in [3.8, 4) is 0 Å². The first-order valence-electron chi connectivity index (χ1n) is 8.24. The molecule has 1 aromatic heterocycles. The first-order chi connectivity index (χ1) is 11.1. The van der Waals surface area contributed by atoms with Gasteiger partial charge in [-0.2, -0.15) is 0 Å². The van der Waals surface area contributed by atoms with E-state index in [1.807, 2.05) is 11.3 Å². The lowest BCUT2D eigenvalue weighted by atomic mass is 10.1. The molecule has 118 valence electrons. The number of anilines is 3. The summed E-state index contributed by atoms with van der Waals surface area (Å²) >= 11 is 1.92. The third-order valence-corrected chi connectivity index (χ3v) is 5.91. The Kier molecular flexibility index (Phi) is 3.34. The van der Waals surface area contributed by atoms with Crippen LogP contribution in [0.4, 0.5) is 16.4 Å². The normalized spacial score (nSPS) is 17.3. The Labute approximate surface area is 142 Å². The van der Waals surface area contributed by atoms with E-state index in [4.69, 9.17) is 0 Å². The van der Waals surface area contributed by atoms with Gasteiger partial charge in [0.25, 0.3) is 0 Å². The molecule has 2 aromatic carbocycles. The first kappa shape index (κ1) is 14.6. The van der Waals surface area contributed by atoms with Crippen LogP contribution >= 0.6 is 11.3 Å². The maximum Gasteiger partial charge on any atom is 0.118 e. The zero-order valence-corrected chi connectivity index (χ0v) is 14.9. The Morgan fingerprint density at radius 1 is 1.00 bits per heavy atom. The predicted molar refractivity (Wildman–Crippen MR) is 102 cm³/mol. The largest absolute Gasteiger partial charge is 0.339 e. The molecule has 0 unspecified atom stereocenters. The highest BCUT2D eigenvalue weighted by Gasteiger charge is 2.38. The molecule has 0 aliphatic carbocycles. The fraction of sp³-hybridized carbons (Fsp3) is 0.300. The van der Waals surface area contributed by atoms with Crippen molar-refractivity contribution in [3.63, 3.8) is 0 Å². The number of aryl methyl sites for hydroxylation is 1. The zero-order chi connectivity index (χ0) is 16.1. The van der Waals surface area contributed by atoms with Gasteiger partial charge in [-0.3, -0.25) is 0 Å². The van der Waals surface area contributed by atoms with Crippen LogP contribution in [0.25, 0.3) is 10.1 Å². The molecule has 0 spiro atoms. The lowest BCUT2D eigenvalue weighted by Crippen LogP contribution is -2.42. The van der Waals surface area contributed by atoms with Crippen LogP contribution in [0.3, 0.4) is 0 Å². The van der Waals surface area contributed by atoms with E-state index in [9.17, 15) is 0 Å². The minimum atomic E-state index is 0.335. The van der Waals surface area contributed by atoms with Crippen LogP contribution in [0.2, 0.25) is 0 Å². The Morgan fingerprint density at radius 2 is 1.70 bits per heavy atom. The average molecular weight is 322 g/mol. The van der Waals surface area contributed by atoms with Gasteiger partial charge < -0.3 is 9.80 Å². The van der Waals surface area contributed by atoms with Crippen molar-refractivity contribution in [2.24, 2.45) is 0 Å². The number of nitrogens with zero attached hydrogens (tertiary/aromatic N) is 2. The highest BCUT2D eigenvalue weighted by atomic mass is 32.1. The Bertz CT molecular complexity index is 865. The molecule has 23 heavy (non-hydrogen) atoms. The second-order valence-corrected chi connectivity index (χ2v) is 7.57. The van der Waals surface area contributed by atoms with Crippen LogP contribution in [0.5, 0.6) is 0 Å². The number of benzene rings is 2. The average Bonchev–Trinajstić information content (AvgIpc) is 3.01. The third-order valence-electron chi connectivity index (χ3n) is 4.73. The molecule has 3 aromatic rings. The van der Waals surface area contributed by atoms with E-state index < -0.39 is 0 Å². The quantitative estimate of drug-likeness (QED) is 0.577. The smallest absolute Gasteiger partial charge is 0.118 e. The van der Waals surface area contributed by atoms with Crippen LogP contribution in [0.1, 0.15) is 26.3 Å². The predicted octanol–water partition coefficient (Wildman–Crippen LogP) is 5.92. The third kappa shape index (κ3) is 2.07. The van der Waals surface area contributed by atoms with Gasteiger partial charge in [0.15, 0.2) is 0 Å². The van der Waals surface area contributed by atoms with Crippen molar-refractivity contribution >= 4 is 37.8 Å². The van der Waals surface area contributed by atoms with E-state index in [0.29, 0.717) is 12.2 Å². The highest BCUT2D eigenvalue weighted by molar-refractivity contribution is 7.23. The molecular formula is C20H22N2S. The second kappa shape index (κ2) is 5.27. The summed E-state index contributed by atoms with van der Waals surface area (Å²) in [6.45, 7) is 9.08. The molecule has 2 nitrogen and oxygen atoms in total. The van der Waals surface area contributed by atoms with E-state index in [2.05, 4.69) is 86.0 Å². The second-order valence-electron chi connectivity index (χ2n) is 6.54. The molecule has 0 amide bonds. The SMILES string of the molecule is Cc1ccccc1N1c2c(sc3ccccc23)N(C(C)C)[C@@H]1C. The van der Waals surface area contributed by atoms with Crippen LogP contribution in [-0.2, 0) is 0 Å². The van der Waals surface area contributed by atoms with Gasteiger partial charge in [0.05, 0.1) is 5.69 Å². The Hall–Kier alpha value is -2.00. The van der Waals surface area contributed by atoms with E-state index in [1.54, 1.807) is 0 Å². The molecule has 0 N–H and O–H groups in total. The molecule has 1 aliphatic heterocycles. The van der Waals surface area contributed by atoms with Crippen molar-refractivity contribution in [2.45, 2.75) is 39.9 Å². The van der Waals surface area contributed by atoms with Crippen molar-refractivity contribution in [3.05, 3.63) is 54.1 Å². The van der Waals surface area contributed by atoms with E-state index in [1.165, 1.54) is 32.0 Å². The molecule has 1 atom stereocenters. The van der Waals surface area contributed by atoms with Gasteiger partial charge in [-0.15, -0.1) is 11.3 Å². The molecule has 3 heteroatoms. The number of thiophene rings is 1. The number of para-hydroxylation sites is 1. The molecular weight excluding hydrogens is 300 g/mol. The monoisotopic (exact) mass is 322 g/mol. The number of rotatable bonds is 2. The molecule has 2 heterocycles. The van der Waals surface area contributed by atoms with Crippen LogP contribution in [0, 0.1) is 6.92 Å². The van der Waals surface area contributed by atoms with Gasteiger partial charge in [0.2, 0.25) is 0 Å². The summed E-state index contributed by atoms with van der Waals surface area (Å²) in [5.41, 5.74) is 4.01. The maximum atomic E-state index is 2.55. The summed E-state index contributed by atoms with van der Waals surface area (Å²) in [6, 6.07) is 18.0. The van der Waals surface area contributed by atoms with Crippen molar-refractivity contribution in [2.75, 3.05) is 9.80 Å². The lowest BCUT2D eigenvalue weighted by Gasteiger charge is -2.33. The topological polar surface area (TPSA) is 6.48 Å². The number of hydrogen-bond acceptors (Lipinski definition) is 3. The summed E-state index contributed by atoms with van der Waals surface area (Å²) in [5.74, 6) is 0. The van der Waals surface area contributed by atoms with Crippen molar-refractivity contribution in [1.29, 1.82) is 0 Å². The van der Waals surface area contributed by atoms with Crippen LogP contribution in [-0.4, -0.2) is 12.2 Å². The van der Waals surface area contributed by atoms with Gasteiger partial charge in [-0.25, -0.2) is 0 Å². The Balaban J connectivity index is 2.00. The highest BCUT2D eigenvalue weighted by Crippen LogP contribution is 2.54. The molecule has 1 aliphatic rings. The summed E-state index contributed by atoms with van der Waals surface area (Å²) in [6.07, 6.45) is 0.335. The molecule has 0 radical (unpaired) electrons. The fourth-order valence-corrected chi connectivity index (χ4v) is 5.13. The van der Waals surface area contributed by atoms with Gasteiger partial charge in [0, 0.05) is 21.8 Å². The standard InChI is InChI=1S/C20H22N2S/c1-13(2)21-15(4)22(17-11-7-5-9-14(17)3)19-16-10-6-8-12-18(16)23-20(19)21/h5-13,15H,1-4H3/t15-/m0/s1.